The van der Waals surface area contributed by atoms with Gasteiger partial charge in [0.15, 0.2) is 0 Å². The molecule has 0 N–H and O–H groups in total. The Balaban J connectivity index is 0.000000155. The van der Waals surface area contributed by atoms with Crippen molar-refractivity contribution in [2.24, 2.45) is 0 Å². The van der Waals surface area contributed by atoms with Gasteiger partial charge in [-0.3, -0.25) is 9.97 Å². The third kappa shape index (κ3) is 7.11. The molecule has 0 aliphatic heterocycles. The third-order valence-corrected chi connectivity index (χ3v) is 6.32. The highest BCUT2D eigenvalue weighted by Crippen LogP contribution is 2.18. The summed E-state index contributed by atoms with van der Waals surface area (Å²) >= 11 is 0. The van der Waals surface area contributed by atoms with Crippen LogP contribution in [0.25, 0.3) is 33.7 Å². The van der Waals surface area contributed by atoms with Crippen LogP contribution in [0.2, 0.25) is 0 Å². The maximum atomic E-state index is 4.12. The summed E-state index contributed by atoms with van der Waals surface area (Å²) in [4.78, 5) is 8.23. The molecule has 0 aliphatic rings. The molecule has 0 fully saturated rings. The average molecular weight is 491 g/mol. The van der Waals surface area contributed by atoms with E-state index in [-0.39, 0.29) is 0 Å². The van der Waals surface area contributed by atoms with E-state index in [0.29, 0.717) is 0 Å². The molecular formula is C36H30N2. The number of allylic oxidation sites excluding steroid dienone is 2. The van der Waals surface area contributed by atoms with Crippen molar-refractivity contribution in [2.75, 3.05) is 0 Å². The summed E-state index contributed by atoms with van der Waals surface area (Å²) in [7, 11) is 0. The van der Waals surface area contributed by atoms with Crippen LogP contribution >= 0.6 is 0 Å². The lowest BCUT2D eigenvalue weighted by atomic mass is 10.1. The van der Waals surface area contributed by atoms with Gasteiger partial charge in [0.25, 0.3) is 0 Å². The molecule has 0 saturated heterocycles. The number of pyridine rings is 2. The first-order valence-electron chi connectivity index (χ1n) is 12.9. The number of nitrogens with zero attached hydrogens (tertiary/aromatic N) is 2. The van der Waals surface area contributed by atoms with E-state index in [2.05, 4.69) is 131 Å². The topological polar surface area (TPSA) is 25.8 Å². The third-order valence-electron chi connectivity index (χ3n) is 6.32. The Bertz CT molecular complexity index is 1520. The fourth-order valence-electron chi connectivity index (χ4n) is 4.32. The van der Waals surface area contributed by atoms with Gasteiger partial charge < -0.3 is 0 Å². The normalized spacial score (nSPS) is 11.2. The van der Waals surface area contributed by atoms with Gasteiger partial charge in [-0.15, -0.1) is 0 Å². The van der Waals surface area contributed by atoms with Crippen LogP contribution in [-0.2, 0) is 12.8 Å². The van der Waals surface area contributed by atoms with Crippen LogP contribution in [0.3, 0.4) is 0 Å². The fraction of sp³-hybridized carbons (Fsp3) is 0.0556. The van der Waals surface area contributed by atoms with Crippen molar-refractivity contribution in [3.63, 3.8) is 0 Å². The van der Waals surface area contributed by atoms with Gasteiger partial charge in [-0.2, -0.15) is 0 Å². The van der Waals surface area contributed by atoms with Gasteiger partial charge in [0, 0.05) is 24.8 Å². The Labute approximate surface area is 224 Å². The lowest BCUT2D eigenvalue weighted by molar-refractivity contribution is 1.19. The Morgan fingerprint density at radius 2 is 0.895 bits per heavy atom. The van der Waals surface area contributed by atoms with E-state index in [4.69, 9.17) is 0 Å². The molecule has 0 spiro atoms. The molecule has 2 nitrogen and oxygen atoms in total. The predicted molar refractivity (Wildman–Crippen MR) is 162 cm³/mol. The average Bonchev–Trinajstić information content (AvgIpc) is 2.98. The summed E-state index contributed by atoms with van der Waals surface area (Å²) in [5.74, 6) is 0. The van der Waals surface area contributed by atoms with Crippen molar-refractivity contribution in [2.45, 2.75) is 12.8 Å². The second kappa shape index (κ2) is 12.9. The molecule has 6 aromatic rings. The molecule has 0 aliphatic carbocycles. The minimum Gasteiger partial charge on any atom is -0.264 e. The van der Waals surface area contributed by atoms with Gasteiger partial charge in [-0.05, 0) is 80.9 Å². The highest BCUT2D eigenvalue weighted by molar-refractivity contribution is 5.85. The van der Waals surface area contributed by atoms with Crippen molar-refractivity contribution in [1.82, 2.24) is 9.97 Å². The first-order chi connectivity index (χ1) is 18.8. The van der Waals surface area contributed by atoms with Crippen LogP contribution in [0.15, 0.2) is 146 Å². The zero-order chi connectivity index (χ0) is 25.8. The molecule has 38 heavy (non-hydrogen) atoms. The second-order valence-electron chi connectivity index (χ2n) is 9.15. The number of benzene rings is 4. The standard InChI is InChI=1S/2C18H15N/c2*1-2-9-18-13-15(10-11-17(18)8-1)5-3-6-16-7-4-12-19-14-16/h2*1-5,7-14H,6H2/b5-3+;5-3-. The van der Waals surface area contributed by atoms with Gasteiger partial charge in [0.1, 0.15) is 0 Å². The van der Waals surface area contributed by atoms with Crippen LogP contribution in [0, 0.1) is 0 Å². The van der Waals surface area contributed by atoms with Crippen molar-refractivity contribution in [3.05, 3.63) is 168 Å². The van der Waals surface area contributed by atoms with Gasteiger partial charge in [0.2, 0.25) is 0 Å². The van der Waals surface area contributed by atoms with E-state index in [1.165, 1.54) is 43.8 Å². The first-order valence-corrected chi connectivity index (χ1v) is 12.9. The smallest absolute Gasteiger partial charge is 0.0303 e. The zero-order valence-corrected chi connectivity index (χ0v) is 21.3. The summed E-state index contributed by atoms with van der Waals surface area (Å²) < 4.78 is 0. The molecule has 184 valence electrons. The maximum absolute atomic E-state index is 4.12. The number of hydrogen-bond donors (Lipinski definition) is 0. The molecule has 2 heterocycles. The highest BCUT2D eigenvalue weighted by atomic mass is 14.6. The molecule has 0 radical (unpaired) electrons. The first kappa shape index (κ1) is 24.9. The summed E-state index contributed by atoms with van der Waals surface area (Å²) in [5, 5.41) is 5.14. The molecule has 0 unspecified atom stereocenters. The van der Waals surface area contributed by atoms with Gasteiger partial charge in [0.05, 0.1) is 0 Å². The largest absolute Gasteiger partial charge is 0.264 e. The molecule has 6 rings (SSSR count). The van der Waals surface area contributed by atoms with Crippen LogP contribution in [-0.4, -0.2) is 9.97 Å². The monoisotopic (exact) mass is 490 g/mol. The van der Waals surface area contributed by atoms with Crippen molar-refractivity contribution in [1.29, 1.82) is 0 Å². The Morgan fingerprint density at radius 3 is 1.32 bits per heavy atom. The van der Waals surface area contributed by atoms with E-state index in [1.807, 2.05) is 24.5 Å². The Kier molecular flexibility index (Phi) is 8.46. The Morgan fingerprint density at radius 1 is 0.447 bits per heavy atom. The number of fused-ring (bicyclic) bond motifs is 2. The van der Waals surface area contributed by atoms with Crippen molar-refractivity contribution < 1.29 is 0 Å². The minimum atomic E-state index is 0.917. The van der Waals surface area contributed by atoms with Gasteiger partial charge in [-0.25, -0.2) is 0 Å². The van der Waals surface area contributed by atoms with Crippen LogP contribution < -0.4 is 0 Å². The highest BCUT2D eigenvalue weighted by Gasteiger charge is 1.94. The van der Waals surface area contributed by atoms with E-state index in [0.717, 1.165) is 12.8 Å². The fourth-order valence-corrected chi connectivity index (χ4v) is 4.32. The molecule has 2 aromatic heterocycles. The molecular weight excluding hydrogens is 460 g/mol. The van der Waals surface area contributed by atoms with Crippen molar-refractivity contribution >= 4 is 33.7 Å². The summed E-state index contributed by atoms with van der Waals surface area (Å²) in [5.41, 5.74) is 4.95. The number of aromatic nitrogens is 2. The maximum Gasteiger partial charge on any atom is 0.0303 e. The van der Waals surface area contributed by atoms with Gasteiger partial charge >= 0.3 is 0 Å². The number of rotatable bonds is 6. The Hall–Kier alpha value is -4.82. The zero-order valence-electron chi connectivity index (χ0n) is 21.3. The van der Waals surface area contributed by atoms with E-state index in [9.17, 15) is 0 Å². The SMILES string of the molecule is C(=C/c1ccc2ccccc2c1)/Cc1cccnc1.C(=C\c1ccc2ccccc2c1)/Cc1cccnc1. The summed E-state index contributed by atoms with van der Waals surface area (Å²) in [6, 6.07) is 38.1. The van der Waals surface area contributed by atoms with E-state index in [1.54, 1.807) is 12.4 Å². The summed E-state index contributed by atoms with van der Waals surface area (Å²) in [6.45, 7) is 0. The van der Waals surface area contributed by atoms with E-state index < -0.39 is 0 Å². The molecule has 0 amide bonds. The van der Waals surface area contributed by atoms with E-state index >= 15 is 0 Å². The van der Waals surface area contributed by atoms with Crippen LogP contribution in [0.5, 0.6) is 0 Å². The van der Waals surface area contributed by atoms with Crippen LogP contribution in [0.1, 0.15) is 22.3 Å². The van der Waals surface area contributed by atoms with Crippen molar-refractivity contribution in [3.8, 4) is 0 Å². The molecule has 0 saturated carbocycles. The minimum absolute atomic E-state index is 0.917. The van der Waals surface area contributed by atoms with Crippen LogP contribution in [0.4, 0.5) is 0 Å². The second-order valence-corrected chi connectivity index (χ2v) is 9.15. The lowest BCUT2D eigenvalue weighted by Crippen LogP contribution is -1.81. The quantitative estimate of drug-likeness (QED) is 0.233. The molecule has 0 bridgehead atoms. The lowest BCUT2D eigenvalue weighted by Gasteiger charge is -1.99. The van der Waals surface area contributed by atoms with Gasteiger partial charge in [-0.1, -0.05) is 109 Å². The summed E-state index contributed by atoms with van der Waals surface area (Å²) in [6.07, 6.45) is 17.9. The molecule has 2 heteroatoms. The molecule has 4 aromatic carbocycles. The molecule has 0 atom stereocenters. The number of hydrogen-bond acceptors (Lipinski definition) is 2. The predicted octanol–water partition coefficient (Wildman–Crippen LogP) is 8.98.